The van der Waals surface area contributed by atoms with Gasteiger partial charge < -0.3 is 15.0 Å². The molecular formula is C19H23N3O6S2. The number of ether oxygens (including phenoxy) is 1. The van der Waals surface area contributed by atoms with Crippen molar-refractivity contribution in [3.05, 3.63) is 39.9 Å². The number of carbonyl (C=O) groups excluding carboxylic acids is 3. The molecule has 0 aliphatic carbocycles. The van der Waals surface area contributed by atoms with Crippen molar-refractivity contribution in [1.82, 2.24) is 10.2 Å². The molecule has 2 amide bonds. The number of hydrogen-bond acceptors (Lipinski definition) is 8. The van der Waals surface area contributed by atoms with E-state index in [-0.39, 0.29) is 35.5 Å². The van der Waals surface area contributed by atoms with E-state index < -0.39 is 15.0 Å². The van der Waals surface area contributed by atoms with Crippen molar-refractivity contribution in [2.24, 2.45) is 0 Å². The highest BCUT2D eigenvalue weighted by Gasteiger charge is 2.63. The van der Waals surface area contributed by atoms with Crippen LogP contribution in [0.1, 0.15) is 32.3 Å². The van der Waals surface area contributed by atoms with Crippen molar-refractivity contribution < 1.29 is 24.0 Å². The third-order valence-electron chi connectivity index (χ3n) is 5.01. The fourth-order valence-electron chi connectivity index (χ4n) is 3.57. The van der Waals surface area contributed by atoms with Crippen LogP contribution in [-0.2, 0) is 25.7 Å². The van der Waals surface area contributed by atoms with Crippen molar-refractivity contribution in [2.45, 2.75) is 48.8 Å². The molecule has 2 fully saturated rings. The Morgan fingerprint density at radius 1 is 1.40 bits per heavy atom. The SMILES string of the molecule is CCC1N2C(=O)C[C@H]2SC1(SCCNC(C)=O)C(=O)OCc1ccc([N+](=O)[O-])cc1. The normalized spacial score (nSPS) is 24.7. The average Bonchev–Trinajstić information content (AvgIpc) is 2.98. The number of fused-ring (bicyclic) bond motifs is 1. The van der Waals surface area contributed by atoms with Crippen molar-refractivity contribution in [1.29, 1.82) is 0 Å². The Kier molecular flexibility index (Phi) is 6.91. The molecule has 2 unspecified atom stereocenters. The fraction of sp³-hybridized carbons (Fsp3) is 0.526. The number of thioether (sulfide) groups is 2. The molecule has 162 valence electrons. The van der Waals surface area contributed by atoms with Crippen molar-refractivity contribution >= 4 is 47.0 Å². The second-order valence-electron chi connectivity index (χ2n) is 7.00. The number of β-lactam (4-membered cyclic amide) rings is 1. The van der Waals surface area contributed by atoms with Gasteiger partial charge in [0.05, 0.1) is 22.8 Å². The first kappa shape index (κ1) is 22.4. The zero-order chi connectivity index (χ0) is 21.9. The van der Waals surface area contributed by atoms with E-state index in [2.05, 4.69) is 5.32 Å². The number of rotatable bonds is 9. The number of non-ortho nitro benzene ring substituents is 1. The van der Waals surface area contributed by atoms with Gasteiger partial charge in [0.2, 0.25) is 11.8 Å². The molecule has 30 heavy (non-hydrogen) atoms. The summed E-state index contributed by atoms with van der Waals surface area (Å²) in [6, 6.07) is 5.55. The number of nitro groups is 1. The Hall–Kier alpha value is -2.27. The maximum absolute atomic E-state index is 13.2. The van der Waals surface area contributed by atoms with Gasteiger partial charge in [0.15, 0.2) is 4.08 Å². The third kappa shape index (κ3) is 4.41. The van der Waals surface area contributed by atoms with E-state index >= 15 is 0 Å². The summed E-state index contributed by atoms with van der Waals surface area (Å²) < 4.78 is 4.64. The maximum atomic E-state index is 13.2. The summed E-state index contributed by atoms with van der Waals surface area (Å²) in [6.45, 7) is 3.77. The van der Waals surface area contributed by atoms with Crippen LogP contribution in [0.3, 0.4) is 0 Å². The molecule has 0 spiro atoms. The van der Waals surface area contributed by atoms with Crippen LogP contribution in [-0.4, -0.2) is 55.4 Å². The van der Waals surface area contributed by atoms with Crippen LogP contribution in [0.15, 0.2) is 24.3 Å². The molecule has 2 aliphatic rings. The van der Waals surface area contributed by atoms with Crippen LogP contribution in [0, 0.1) is 10.1 Å². The Bertz CT molecular complexity index is 849. The summed E-state index contributed by atoms with van der Waals surface area (Å²) in [5.41, 5.74) is 0.609. The molecule has 1 aromatic carbocycles. The molecule has 1 N–H and O–H groups in total. The summed E-state index contributed by atoms with van der Waals surface area (Å²) in [4.78, 5) is 48.6. The average molecular weight is 454 g/mol. The lowest BCUT2D eigenvalue weighted by Gasteiger charge is -2.38. The first-order valence-corrected chi connectivity index (χ1v) is 11.4. The highest BCUT2D eigenvalue weighted by Crippen LogP contribution is 2.57. The van der Waals surface area contributed by atoms with Crippen molar-refractivity contribution in [2.75, 3.05) is 12.3 Å². The van der Waals surface area contributed by atoms with Gasteiger partial charge in [-0.2, -0.15) is 0 Å². The number of hydrogen-bond donors (Lipinski definition) is 1. The van der Waals surface area contributed by atoms with Crippen LogP contribution in [0.25, 0.3) is 0 Å². The number of nitrogens with zero attached hydrogens (tertiary/aromatic N) is 2. The summed E-state index contributed by atoms with van der Waals surface area (Å²) in [6.07, 6.45) is 1.01. The van der Waals surface area contributed by atoms with Crippen LogP contribution in [0.4, 0.5) is 5.69 Å². The molecule has 9 nitrogen and oxygen atoms in total. The van der Waals surface area contributed by atoms with E-state index in [1.54, 1.807) is 17.0 Å². The van der Waals surface area contributed by atoms with Gasteiger partial charge in [0, 0.05) is 31.4 Å². The van der Waals surface area contributed by atoms with Crippen LogP contribution >= 0.6 is 23.5 Å². The van der Waals surface area contributed by atoms with Crippen molar-refractivity contribution in [3.8, 4) is 0 Å². The minimum atomic E-state index is -0.967. The van der Waals surface area contributed by atoms with E-state index in [4.69, 9.17) is 4.74 Å². The quantitative estimate of drug-likeness (QED) is 0.199. The number of esters is 1. The maximum Gasteiger partial charge on any atom is 0.335 e. The van der Waals surface area contributed by atoms with Gasteiger partial charge in [0.1, 0.15) is 6.61 Å². The second kappa shape index (κ2) is 9.25. The minimum absolute atomic E-state index is 0.0135. The van der Waals surface area contributed by atoms with E-state index in [0.717, 1.165) is 0 Å². The smallest absolute Gasteiger partial charge is 0.335 e. The molecule has 3 atom stereocenters. The van der Waals surface area contributed by atoms with Crippen LogP contribution in [0.2, 0.25) is 0 Å². The van der Waals surface area contributed by atoms with Crippen LogP contribution in [0.5, 0.6) is 0 Å². The lowest BCUT2D eigenvalue weighted by Crippen LogP contribution is -2.55. The molecule has 0 aromatic heterocycles. The number of benzene rings is 1. The molecular weight excluding hydrogens is 430 g/mol. The third-order valence-corrected chi connectivity index (χ3v) is 8.39. The number of carbonyl (C=O) groups is 3. The molecule has 0 radical (unpaired) electrons. The molecule has 2 heterocycles. The topological polar surface area (TPSA) is 119 Å². The van der Waals surface area contributed by atoms with Gasteiger partial charge >= 0.3 is 5.97 Å². The number of amides is 2. The Morgan fingerprint density at radius 3 is 2.67 bits per heavy atom. The molecule has 3 rings (SSSR count). The monoisotopic (exact) mass is 453 g/mol. The van der Waals surface area contributed by atoms with E-state index in [0.29, 0.717) is 30.7 Å². The molecule has 2 saturated heterocycles. The summed E-state index contributed by atoms with van der Waals surface area (Å²) in [5, 5.41) is 13.5. The summed E-state index contributed by atoms with van der Waals surface area (Å²) in [7, 11) is 0. The van der Waals surface area contributed by atoms with Gasteiger partial charge in [-0.25, -0.2) is 4.79 Å². The summed E-state index contributed by atoms with van der Waals surface area (Å²) >= 11 is 2.84. The lowest BCUT2D eigenvalue weighted by molar-refractivity contribution is -0.384. The number of nitro benzene ring substituents is 1. The van der Waals surface area contributed by atoms with Gasteiger partial charge in [0.25, 0.3) is 5.69 Å². The fourth-order valence-corrected chi connectivity index (χ4v) is 7.18. The second-order valence-corrected chi connectivity index (χ2v) is 10.0. The molecule has 0 bridgehead atoms. The zero-order valence-corrected chi connectivity index (χ0v) is 18.3. The Balaban J connectivity index is 1.72. The minimum Gasteiger partial charge on any atom is -0.459 e. The summed E-state index contributed by atoms with van der Waals surface area (Å²) in [5.74, 6) is -0.0279. The van der Waals surface area contributed by atoms with Crippen LogP contribution < -0.4 is 5.32 Å². The highest BCUT2D eigenvalue weighted by molar-refractivity contribution is 8.20. The largest absolute Gasteiger partial charge is 0.459 e. The van der Waals surface area contributed by atoms with E-state index in [9.17, 15) is 24.5 Å². The van der Waals surface area contributed by atoms with E-state index in [1.807, 2.05) is 6.92 Å². The molecule has 11 heteroatoms. The highest BCUT2D eigenvalue weighted by atomic mass is 32.2. The predicted octanol–water partition coefficient (Wildman–Crippen LogP) is 2.29. The van der Waals surface area contributed by atoms with Gasteiger partial charge in [-0.05, 0) is 24.1 Å². The molecule has 1 aromatic rings. The molecule has 2 aliphatic heterocycles. The Morgan fingerprint density at radius 2 is 2.10 bits per heavy atom. The Labute approximate surface area is 182 Å². The zero-order valence-electron chi connectivity index (χ0n) is 16.7. The van der Waals surface area contributed by atoms with Gasteiger partial charge in [-0.3, -0.25) is 19.7 Å². The van der Waals surface area contributed by atoms with Crippen molar-refractivity contribution in [3.63, 3.8) is 0 Å². The lowest BCUT2D eigenvalue weighted by atomic mass is 10.0. The van der Waals surface area contributed by atoms with Gasteiger partial charge in [-0.1, -0.05) is 6.92 Å². The standard InChI is InChI=1S/C19H23N3O6S2/c1-3-15-19(29-9-8-20-12(2)23,30-17-10-16(24)21(15)17)18(25)28-11-13-4-6-14(7-5-13)22(26)27/h4-7,15,17H,3,8-11H2,1-2H3,(H,20,23)/t15?,17-,19?/m1/s1. The molecule has 0 saturated carbocycles. The van der Waals surface area contributed by atoms with Gasteiger partial charge in [-0.15, -0.1) is 23.5 Å². The number of nitrogens with one attached hydrogen (secondary N) is 1. The predicted molar refractivity (Wildman–Crippen MR) is 114 cm³/mol. The first-order chi connectivity index (χ1) is 14.3. The van der Waals surface area contributed by atoms with E-state index in [1.165, 1.54) is 42.6 Å². The first-order valence-electron chi connectivity index (χ1n) is 9.56.